The topological polar surface area (TPSA) is 149 Å². The largest absolute Gasteiger partial charge is 0.500 e. The lowest BCUT2D eigenvalue weighted by atomic mass is 9.71. The first kappa shape index (κ1) is 30.1. The molecule has 0 unspecified atom stereocenters. The molecular formula is C33H33N3O8. The third kappa shape index (κ3) is 5.56. The fraction of sp³-hybridized carbons (Fsp3) is 0.273. The molecule has 228 valence electrons. The summed E-state index contributed by atoms with van der Waals surface area (Å²) < 4.78 is 16.1. The molecule has 2 aliphatic rings. The summed E-state index contributed by atoms with van der Waals surface area (Å²) in [6, 6.07) is 15.4. The van der Waals surface area contributed by atoms with Crippen LogP contribution in [0.1, 0.15) is 48.3 Å². The number of hydrogen-bond donors (Lipinski definition) is 3. The highest BCUT2D eigenvalue weighted by Gasteiger charge is 2.42. The highest BCUT2D eigenvalue weighted by Crippen LogP contribution is 2.49. The van der Waals surface area contributed by atoms with Gasteiger partial charge in [0.05, 0.1) is 26.3 Å². The van der Waals surface area contributed by atoms with E-state index in [0.29, 0.717) is 40.6 Å². The van der Waals surface area contributed by atoms with Gasteiger partial charge in [0.2, 0.25) is 5.75 Å². The minimum absolute atomic E-state index is 0.135. The molecule has 3 N–H and O–H groups in total. The number of allylic oxidation sites excluding steroid dienone is 3. The zero-order valence-corrected chi connectivity index (χ0v) is 25.0. The van der Waals surface area contributed by atoms with Gasteiger partial charge in [-0.2, -0.15) is 0 Å². The highest BCUT2D eigenvalue weighted by atomic mass is 16.6. The van der Waals surface area contributed by atoms with Crippen LogP contribution < -0.4 is 24.8 Å². The van der Waals surface area contributed by atoms with E-state index in [0.717, 1.165) is 11.1 Å². The Morgan fingerprint density at radius 1 is 0.932 bits per heavy atom. The normalized spacial score (nSPS) is 17.9. The van der Waals surface area contributed by atoms with Crippen LogP contribution in [0.2, 0.25) is 0 Å². The Morgan fingerprint density at radius 2 is 1.59 bits per heavy atom. The molecule has 1 aliphatic heterocycles. The second-order valence-corrected chi connectivity index (χ2v) is 10.8. The molecular weight excluding hydrogens is 566 g/mol. The van der Waals surface area contributed by atoms with Gasteiger partial charge in [0, 0.05) is 46.6 Å². The molecule has 0 radical (unpaired) electrons. The first-order valence-corrected chi connectivity index (χ1v) is 14.0. The zero-order chi connectivity index (χ0) is 31.7. The van der Waals surface area contributed by atoms with Crippen molar-refractivity contribution in [2.24, 2.45) is 0 Å². The van der Waals surface area contributed by atoms with Crippen molar-refractivity contribution < 1.29 is 33.8 Å². The predicted octanol–water partition coefficient (Wildman–Crippen LogP) is 5.63. The minimum atomic E-state index is -0.969. The van der Waals surface area contributed by atoms with Crippen molar-refractivity contribution >= 4 is 23.1 Å². The number of benzene rings is 3. The maximum Gasteiger partial charge on any atom is 0.314 e. The van der Waals surface area contributed by atoms with E-state index in [2.05, 4.69) is 10.6 Å². The minimum Gasteiger partial charge on any atom is -0.500 e. The fourth-order valence-corrected chi connectivity index (χ4v) is 5.93. The zero-order valence-electron chi connectivity index (χ0n) is 25.0. The van der Waals surface area contributed by atoms with E-state index in [9.17, 15) is 24.8 Å². The average molecular weight is 600 g/mol. The average Bonchev–Trinajstić information content (AvgIpc) is 3.00. The number of aromatic hydroxyl groups is 1. The number of carbonyl (C=O) groups is 2. The Morgan fingerprint density at radius 3 is 2.23 bits per heavy atom. The molecule has 11 nitrogen and oxygen atoms in total. The second-order valence-electron chi connectivity index (χ2n) is 10.8. The number of Topliss-reactive ketones (excluding diaryl/α,β-unsaturated/α-hetero) is 1. The van der Waals surface area contributed by atoms with Gasteiger partial charge in [0.1, 0.15) is 0 Å². The van der Waals surface area contributed by atoms with Gasteiger partial charge in [-0.3, -0.25) is 19.7 Å². The Hall–Kier alpha value is -5.32. The number of ether oxygens (including phenoxy) is 3. The molecule has 1 heterocycles. The Kier molecular flexibility index (Phi) is 8.30. The number of amides is 1. The van der Waals surface area contributed by atoms with E-state index in [-0.39, 0.29) is 35.0 Å². The standard InChI is InChI=1S/C33H33N3O8/c1-17-6-9-22(10-7-17)35-33(39)29-18(2)34-23-12-20(19-8-11-26(42-3)27(15-19)43-4)14-25(37)31(23)30(29)21-13-24(36(40)41)32(38)28(16-21)44-5/h6-11,13,15-16,20,30,34,38H,12,14H2,1-5H3,(H,35,39)/t20-,30+/m1/s1. The smallest absolute Gasteiger partial charge is 0.314 e. The molecule has 44 heavy (non-hydrogen) atoms. The predicted molar refractivity (Wildman–Crippen MR) is 163 cm³/mol. The number of dihydropyridines is 1. The summed E-state index contributed by atoms with van der Waals surface area (Å²) in [7, 11) is 4.38. The maximum absolute atomic E-state index is 14.1. The summed E-state index contributed by atoms with van der Waals surface area (Å²) >= 11 is 0. The lowest BCUT2D eigenvalue weighted by Crippen LogP contribution is -2.37. The number of aryl methyl sites for hydroxylation is 1. The summed E-state index contributed by atoms with van der Waals surface area (Å²) in [4.78, 5) is 39.1. The maximum atomic E-state index is 14.1. The van der Waals surface area contributed by atoms with E-state index < -0.39 is 28.2 Å². The van der Waals surface area contributed by atoms with Gasteiger partial charge < -0.3 is 30.0 Å². The van der Waals surface area contributed by atoms with Gasteiger partial charge in [0.25, 0.3) is 5.91 Å². The van der Waals surface area contributed by atoms with Crippen LogP contribution in [0.25, 0.3) is 0 Å². The van der Waals surface area contributed by atoms with Crippen molar-refractivity contribution in [3.05, 3.63) is 104 Å². The monoisotopic (exact) mass is 599 g/mol. The molecule has 0 spiro atoms. The molecule has 2 atom stereocenters. The highest BCUT2D eigenvalue weighted by molar-refractivity contribution is 6.10. The summed E-state index contributed by atoms with van der Waals surface area (Å²) in [6.07, 6.45) is 0.574. The van der Waals surface area contributed by atoms with Gasteiger partial charge in [-0.1, -0.05) is 23.8 Å². The van der Waals surface area contributed by atoms with Gasteiger partial charge in [-0.15, -0.1) is 0 Å². The first-order valence-electron chi connectivity index (χ1n) is 14.0. The van der Waals surface area contributed by atoms with Gasteiger partial charge in [-0.05, 0) is 67.6 Å². The molecule has 3 aromatic carbocycles. The Balaban J connectivity index is 1.63. The van der Waals surface area contributed by atoms with E-state index in [1.807, 2.05) is 31.2 Å². The van der Waals surface area contributed by atoms with Crippen molar-refractivity contribution in [2.45, 2.75) is 38.5 Å². The van der Waals surface area contributed by atoms with Crippen molar-refractivity contribution in [3.63, 3.8) is 0 Å². The van der Waals surface area contributed by atoms with Crippen molar-refractivity contribution in [1.29, 1.82) is 0 Å². The number of phenolic OH excluding ortho intramolecular Hbond substituents is 1. The van der Waals surface area contributed by atoms with Crippen molar-refractivity contribution in [2.75, 3.05) is 26.6 Å². The van der Waals surface area contributed by atoms with E-state index in [1.54, 1.807) is 39.3 Å². The van der Waals surface area contributed by atoms with E-state index in [1.165, 1.54) is 19.2 Å². The molecule has 0 saturated carbocycles. The van der Waals surface area contributed by atoms with Gasteiger partial charge >= 0.3 is 5.69 Å². The number of hydrogen-bond acceptors (Lipinski definition) is 9. The molecule has 0 fully saturated rings. The third-order valence-corrected chi connectivity index (χ3v) is 8.09. The number of nitrogens with zero attached hydrogens (tertiary/aromatic N) is 1. The fourth-order valence-electron chi connectivity index (χ4n) is 5.93. The molecule has 1 aliphatic carbocycles. The Labute approximate surface area is 254 Å². The lowest BCUT2D eigenvalue weighted by molar-refractivity contribution is -0.386. The van der Waals surface area contributed by atoms with Gasteiger partial charge in [0.15, 0.2) is 23.0 Å². The number of methoxy groups -OCH3 is 3. The Bertz CT molecular complexity index is 1730. The van der Waals surface area contributed by atoms with Crippen molar-refractivity contribution in [3.8, 4) is 23.0 Å². The summed E-state index contributed by atoms with van der Waals surface area (Å²) in [6.45, 7) is 3.67. The van der Waals surface area contributed by atoms with Crippen LogP contribution >= 0.6 is 0 Å². The number of nitrogens with one attached hydrogen (secondary N) is 2. The number of nitro groups is 1. The quantitative estimate of drug-likeness (QED) is 0.221. The van der Waals surface area contributed by atoms with E-state index in [4.69, 9.17) is 14.2 Å². The summed E-state index contributed by atoms with van der Waals surface area (Å²) in [5.74, 6) is -1.53. The summed E-state index contributed by atoms with van der Waals surface area (Å²) in [5.41, 5.74) is 3.80. The molecule has 11 heteroatoms. The van der Waals surface area contributed by atoms with Crippen LogP contribution in [-0.4, -0.2) is 43.0 Å². The number of rotatable bonds is 8. The van der Waals surface area contributed by atoms with Crippen LogP contribution in [0.4, 0.5) is 11.4 Å². The van der Waals surface area contributed by atoms with Crippen molar-refractivity contribution in [1.82, 2.24) is 5.32 Å². The number of carbonyl (C=O) groups excluding carboxylic acids is 2. The molecule has 5 rings (SSSR count). The van der Waals surface area contributed by atoms with Crippen LogP contribution in [0.15, 0.2) is 77.1 Å². The molecule has 0 bridgehead atoms. The number of anilines is 1. The van der Waals surface area contributed by atoms with E-state index >= 15 is 0 Å². The molecule has 3 aromatic rings. The second kappa shape index (κ2) is 12.1. The molecule has 1 amide bonds. The third-order valence-electron chi connectivity index (χ3n) is 8.09. The van der Waals surface area contributed by atoms with Gasteiger partial charge in [-0.25, -0.2) is 0 Å². The van der Waals surface area contributed by atoms with Crippen LogP contribution in [0.5, 0.6) is 23.0 Å². The number of ketones is 1. The van der Waals surface area contributed by atoms with Crippen LogP contribution in [0.3, 0.4) is 0 Å². The lowest BCUT2D eigenvalue weighted by Gasteiger charge is -2.37. The van der Waals surface area contributed by atoms with Crippen LogP contribution in [-0.2, 0) is 9.59 Å². The SMILES string of the molecule is COc1ccc([C@H]2CC(=O)C3=C(C2)NC(C)=C(C(=O)Nc2ccc(C)cc2)[C@@H]3c2cc(OC)c(O)c([N+](=O)[O-])c2)cc1OC. The molecule has 0 aromatic heterocycles. The number of nitro benzene ring substituents is 1. The first-order chi connectivity index (χ1) is 21.1. The number of phenols is 1. The van der Waals surface area contributed by atoms with Crippen LogP contribution in [0, 0.1) is 17.0 Å². The molecule has 0 saturated heterocycles. The summed E-state index contributed by atoms with van der Waals surface area (Å²) in [5, 5.41) is 28.6.